The summed E-state index contributed by atoms with van der Waals surface area (Å²) in [6, 6.07) is 6.03. The second kappa shape index (κ2) is 9.15. The first-order valence-corrected chi connectivity index (χ1v) is 9.56. The lowest BCUT2D eigenvalue weighted by molar-refractivity contribution is 0.206. The largest absolute Gasteiger partial charge is 0.508 e. The molecule has 1 saturated heterocycles. The third-order valence-corrected chi connectivity index (χ3v) is 4.88. The maximum atomic E-state index is 14.5. The summed E-state index contributed by atoms with van der Waals surface area (Å²) < 4.78 is 20.4. The van der Waals surface area contributed by atoms with Crippen molar-refractivity contribution in [3.05, 3.63) is 69.5 Å². The number of pyridine rings is 1. The number of aromatic nitrogens is 1. The molecule has 2 N–H and O–H groups in total. The molecule has 3 rings (SSSR count). The molecule has 2 aromatic rings. The number of halogens is 2. The number of amidine groups is 1. The zero-order valence-electron chi connectivity index (χ0n) is 16.1. The zero-order chi connectivity index (χ0) is 21.0. The Morgan fingerprint density at radius 1 is 1.41 bits per heavy atom. The lowest BCUT2D eigenvalue weighted by Crippen LogP contribution is -2.30. The number of ether oxygens (including phenoxy) is 1. The number of nitrogens with one attached hydrogen (secondary N) is 1. The molecule has 7 nitrogen and oxygen atoms in total. The van der Waals surface area contributed by atoms with Crippen molar-refractivity contribution < 1.29 is 14.2 Å². The Morgan fingerprint density at radius 2 is 2.21 bits per heavy atom. The predicted molar refractivity (Wildman–Crippen MR) is 113 cm³/mol. The molecule has 0 radical (unpaired) electrons. The molecule has 0 aliphatic carbocycles. The number of rotatable bonds is 6. The predicted octanol–water partition coefficient (Wildman–Crippen LogP) is 3.73. The van der Waals surface area contributed by atoms with Gasteiger partial charge >= 0.3 is 0 Å². The number of aliphatic imine (C=N–C) groups is 2. The van der Waals surface area contributed by atoms with Crippen molar-refractivity contribution >= 4 is 28.5 Å². The Bertz CT molecular complexity index is 979. The van der Waals surface area contributed by atoms with Gasteiger partial charge in [0.25, 0.3) is 0 Å². The van der Waals surface area contributed by atoms with Gasteiger partial charge in [0.2, 0.25) is 0 Å². The first kappa shape index (κ1) is 20.9. The molecule has 1 unspecified atom stereocenters. The van der Waals surface area contributed by atoms with E-state index >= 15 is 0 Å². The fourth-order valence-electron chi connectivity index (χ4n) is 3.04. The summed E-state index contributed by atoms with van der Waals surface area (Å²) in [6.45, 7) is 5.75. The summed E-state index contributed by atoms with van der Waals surface area (Å²) in [6.07, 6.45) is 3.06. The van der Waals surface area contributed by atoms with Gasteiger partial charge in [0, 0.05) is 47.7 Å². The van der Waals surface area contributed by atoms with Crippen LogP contribution in [0.4, 0.5) is 4.39 Å². The summed E-state index contributed by atoms with van der Waals surface area (Å²) in [7, 11) is 1.55. The molecular formula is C20H21BrFN5O2. The van der Waals surface area contributed by atoms with Crippen LogP contribution in [-0.2, 0) is 11.3 Å². The van der Waals surface area contributed by atoms with Crippen LogP contribution in [0.3, 0.4) is 0 Å². The van der Waals surface area contributed by atoms with Crippen LogP contribution in [0.1, 0.15) is 24.2 Å². The number of methoxy groups -OCH3 is 1. The molecule has 29 heavy (non-hydrogen) atoms. The standard InChI is InChI=1S/C20H21BrFN5O2/c1-12(23-2)18-20(25-11-29-3)27(10-13-4-5-16(28)7-17(13)22)19(26-18)14-6-15(21)9-24-8-14/h4-9,19,26,28H,2,10-11H2,1,3H3/b18-12+,25-20+. The molecule has 1 aliphatic heterocycles. The third-order valence-electron chi connectivity index (χ3n) is 4.45. The van der Waals surface area contributed by atoms with Crippen LogP contribution in [0.5, 0.6) is 5.75 Å². The normalized spacial score (nSPS) is 19.4. The van der Waals surface area contributed by atoms with Crippen molar-refractivity contribution in [2.45, 2.75) is 19.6 Å². The van der Waals surface area contributed by atoms with Gasteiger partial charge in [-0.05, 0) is 41.7 Å². The van der Waals surface area contributed by atoms with E-state index in [1.807, 2.05) is 17.9 Å². The summed E-state index contributed by atoms with van der Waals surface area (Å²) in [5.74, 6) is -0.0495. The molecular weight excluding hydrogens is 441 g/mol. The van der Waals surface area contributed by atoms with Gasteiger partial charge in [0.05, 0.1) is 5.70 Å². The van der Waals surface area contributed by atoms with E-state index in [4.69, 9.17) is 4.74 Å². The van der Waals surface area contributed by atoms with E-state index in [9.17, 15) is 9.50 Å². The first-order chi connectivity index (χ1) is 13.9. The van der Waals surface area contributed by atoms with Crippen LogP contribution >= 0.6 is 15.9 Å². The second-order valence-corrected chi connectivity index (χ2v) is 7.32. The molecule has 1 aromatic carbocycles. The van der Waals surface area contributed by atoms with Crippen LogP contribution in [0.25, 0.3) is 0 Å². The summed E-state index contributed by atoms with van der Waals surface area (Å²) >= 11 is 3.44. The van der Waals surface area contributed by atoms with E-state index in [0.717, 1.165) is 16.1 Å². The van der Waals surface area contributed by atoms with E-state index in [1.165, 1.54) is 6.07 Å². The second-order valence-electron chi connectivity index (χ2n) is 6.40. The Morgan fingerprint density at radius 3 is 2.86 bits per heavy atom. The fraction of sp³-hybridized carbons (Fsp3) is 0.250. The molecule has 1 fully saturated rings. The molecule has 0 amide bonds. The SMILES string of the molecule is C=N/C(C)=C1/NC(c2cncc(Br)c2)N(Cc2ccc(O)cc2F)/C1=N/COC. The van der Waals surface area contributed by atoms with Crippen molar-refractivity contribution in [3.8, 4) is 5.75 Å². The lowest BCUT2D eigenvalue weighted by Gasteiger charge is -2.26. The van der Waals surface area contributed by atoms with E-state index in [1.54, 1.807) is 25.6 Å². The minimum Gasteiger partial charge on any atom is -0.508 e. The Labute approximate surface area is 176 Å². The highest BCUT2D eigenvalue weighted by Crippen LogP contribution is 2.32. The maximum Gasteiger partial charge on any atom is 0.153 e. The molecule has 1 aliphatic rings. The van der Waals surface area contributed by atoms with Crippen LogP contribution in [0.15, 0.2) is 62.5 Å². The van der Waals surface area contributed by atoms with Gasteiger partial charge in [-0.25, -0.2) is 9.38 Å². The lowest BCUT2D eigenvalue weighted by atomic mass is 10.1. The van der Waals surface area contributed by atoms with Gasteiger partial charge in [-0.1, -0.05) is 6.07 Å². The van der Waals surface area contributed by atoms with E-state index < -0.39 is 5.82 Å². The smallest absolute Gasteiger partial charge is 0.153 e. The molecule has 1 atom stereocenters. The highest BCUT2D eigenvalue weighted by atomic mass is 79.9. The summed E-state index contributed by atoms with van der Waals surface area (Å²) in [5.41, 5.74) is 2.60. The van der Waals surface area contributed by atoms with Crippen molar-refractivity contribution in [1.29, 1.82) is 0 Å². The van der Waals surface area contributed by atoms with Crippen molar-refractivity contribution in [2.24, 2.45) is 9.98 Å². The number of hydrogen-bond donors (Lipinski definition) is 2. The van der Waals surface area contributed by atoms with Gasteiger partial charge in [0.1, 0.15) is 30.2 Å². The van der Waals surface area contributed by atoms with E-state index in [0.29, 0.717) is 22.8 Å². The highest BCUT2D eigenvalue weighted by molar-refractivity contribution is 9.10. The van der Waals surface area contributed by atoms with Crippen molar-refractivity contribution in [1.82, 2.24) is 15.2 Å². The average molecular weight is 462 g/mol. The number of nitrogens with zero attached hydrogens (tertiary/aromatic N) is 4. The summed E-state index contributed by atoms with van der Waals surface area (Å²) in [5, 5.41) is 12.9. The third kappa shape index (κ3) is 4.63. The topological polar surface area (TPSA) is 82.3 Å². The number of phenolic OH excluding ortho intramolecular Hbond substituents is 1. The Kier molecular flexibility index (Phi) is 6.60. The summed E-state index contributed by atoms with van der Waals surface area (Å²) in [4.78, 5) is 14.7. The molecule has 0 saturated carbocycles. The van der Waals surface area contributed by atoms with Gasteiger partial charge in [0.15, 0.2) is 5.84 Å². The van der Waals surface area contributed by atoms with Crippen molar-refractivity contribution in [3.63, 3.8) is 0 Å². The van der Waals surface area contributed by atoms with Gasteiger partial charge in [-0.2, -0.15) is 0 Å². The molecule has 2 heterocycles. The van der Waals surface area contributed by atoms with Gasteiger partial charge in [-0.3, -0.25) is 9.98 Å². The zero-order valence-corrected chi connectivity index (χ0v) is 17.6. The van der Waals surface area contributed by atoms with Crippen LogP contribution in [-0.4, -0.2) is 41.4 Å². The van der Waals surface area contributed by atoms with Crippen LogP contribution in [0.2, 0.25) is 0 Å². The number of hydrogen-bond acceptors (Lipinski definition) is 6. The minimum absolute atomic E-state index is 0.126. The molecule has 1 aromatic heterocycles. The average Bonchev–Trinajstić information content (AvgIpc) is 3.06. The number of benzene rings is 1. The van der Waals surface area contributed by atoms with Gasteiger partial charge in [-0.15, -0.1) is 0 Å². The molecule has 0 spiro atoms. The highest BCUT2D eigenvalue weighted by Gasteiger charge is 2.36. The Hall–Kier alpha value is -2.78. The monoisotopic (exact) mass is 461 g/mol. The van der Waals surface area contributed by atoms with E-state index in [2.05, 4.69) is 42.9 Å². The molecule has 0 bridgehead atoms. The molecule has 9 heteroatoms. The van der Waals surface area contributed by atoms with Crippen LogP contribution in [0, 0.1) is 5.82 Å². The quantitative estimate of drug-likeness (QED) is 0.640. The van der Waals surface area contributed by atoms with Gasteiger partial charge < -0.3 is 20.1 Å². The fourth-order valence-corrected chi connectivity index (χ4v) is 3.42. The number of phenols is 1. The maximum absolute atomic E-state index is 14.5. The first-order valence-electron chi connectivity index (χ1n) is 8.77. The molecule has 152 valence electrons. The van der Waals surface area contributed by atoms with Crippen molar-refractivity contribution in [2.75, 3.05) is 13.8 Å². The number of allylic oxidation sites excluding steroid dienone is 1. The minimum atomic E-state index is -0.502. The van der Waals surface area contributed by atoms with E-state index in [-0.39, 0.29) is 25.2 Å². The number of aromatic hydroxyl groups is 1. The Balaban J connectivity index is 2.10. The van der Waals surface area contributed by atoms with Crippen LogP contribution < -0.4 is 5.32 Å².